The SMILES string of the molecule is N#Cc1ccccc1-c1ccccc1-c1nc(-c2ccccc2)nc(-c2ccc3c(c2)oc2cccc(-c4cccc(-c5ccccc5)c4)c23)n1. The highest BCUT2D eigenvalue weighted by Crippen LogP contribution is 2.40. The molecule has 9 rings (SSSR count). The van der Waals surface area contributed by atoms with E-state index in [-0.39, 0.29) is 0 Å². The Hall–Kier alpha value is -7.16. The van der Waals surface area contributed by atoms with Crippen LogP contribution in [0, 0.1) is 11.3 Å². The highest BCUT2D eigenvalue weighted by molar-refractivity contribution is 6.13. The molecule has 0 spiro atoms. The van der Waals surface area contributed by atoms with Gasteiger partial charge in [-0.1, -0.05) is 140 Å². The second kappa shape index (κ2) is 12.7. The first-order valence-electron chi connectivity index (χ1n) is 16.8. The lowest BCUT2D eigenvalue weighted by molar-refractivity contribution is 0.669. The van der Waals surface area contributed by atoms with E-state index >= 15 is 0 Å². The number of benzene rings is 7. The second-order valence-electron chi connectivity index (χ2n) is 12.3. The number of rotatable bonds is 6. The van der Waals surface area contributed by atoms with Crippen LogP contribution in [0.1, 0.15) is 5.56 Å². The molecule has 2 heterocycles. The van der Waals surface area contributed by atoms with Gasteiger partial charge in [0.05, 0.1) is 11.6 Å². The molecule has 0 fully saturated rings. The molecular weight excluding hydrogens is 625 g/mol. The van der Waals surface area contributed by atoms with Crippen LogP contribution in [0.25, 0.3) is 89.5 Å². The minimum atomic E-state index is 0.521. The van der Waals surface area contributed by atoms with E-state index in [1.807, 2.05) is 103 Å². The van der Waals surface area contributed by atoms with Crippen LogP contribution in [0.15, 0.2) is 174 Å². The monoisotopic (exact) mass is 652 g/mol. The molecule has 0 amide bonds. The first-order valence-corrected chi connectivity index (χ1v) is 16.8. The van der Waals surface area contributed by atoms with Crippen LogP contribution in [0.4, 0.5) is 0 Å². The van der Waals surface area contributed by atoms with Gasteiger partial charge in [0.2, 0.25) is 0 Å². The lowest BCUT2D eigenvalue weighted by Crippen LogP contribution is -2.01. The zero-order valence-corrected chi connectivity index (χ0v) is 27.4. The minimum absolute atomic E-state index is 0.521. The molecule has 51 heavy (non-hydrogen) atoms. The number of hydrogen-bond donors (Lipinski definition) is 0. The predicted octanol–water partition coefficient (Wildman–Crippen LogP) is 11.6. The zero-order valence-electron chi connectivity index (χ0n) is 27.4. The second-order valence-corrected chi connectivity index (χ2v) is 12.3. The van der Waals surface area contributed by atoms with Crippen LogP contribution in [0.5, 0.6) is 0 Å². The van der Waals surface area contributed by atoms with Crippen molar-refractivity contribution in [1.82, 2.24) is 15.0 Å². The lowest BCUT2D eigenvalue weighted by atomic mass is 9.95. The van der Waals surface area contributed by atoms with Crippen molar-refractivity contribution in [3.8, 4) is 73.6 Å². The molecule has 238 valence electrons. The smallest absolute Gasteiger partial charge is 0.164 e. The highest BCUT2D eigenvalue weighted by Gasteiger charge is 2.19. The fourth-order valence-electron chi connectivity index (χ4n) is 6.77. The summed E-state index contributed by atoms with van der Waals surface area (Å²) in [7, 11) is 0. The number of hydrogen-bond acceptors (Lipinski definition) is 5. The van der Waals surface area contributed by atoms with Gasteiger partial charge in [-0.2, -0.15) is 5.26 Å². The zero-order chi connectivity index (χ0) is 34.1. The van der Waals surface area contributed by atoms with Gasteiger partial charge in [-0.15, -0.1) is 0 Å². The van der Waals surface area contributed by atoms with E-state index in [2.05, 4.69) is 72.8 Å². The Morgan fingerprint density at radius 2 is 0.980 bits per heavy atom. The van der Waals surface area contributed by atoms with Crippen molar-refractivity contribution in [2.45, 2.75) is 0 Å². The lowest BCUT2D eigenvalue weighted by Gasteiger charge is -2.12. The Labute approximate surface area is 294 Å². The van der Waals surface area contributed by atoms with Gasteiger partial charge >= 0.3 is 0 Å². The van der Waals surface area contributed by atoms with E-state index in [0.717, 1.165) is 66.4 Å². The standard InChI is InChI=1S/C46H28N4O/c47-29-35-17-7-8-20-36(35)38-21-9-10-22-39(38)46-49-44(31-15-5-2-6-16-31)48-45(50-46)34-25-26-40-42(28-34)51-41-24-12-23-37(43(40)41)33-19-11-18-32(27-33)30-13-3-1-4-14-30/h1-28H. The molecule has 0 N–H and O–H groups in total. The number of fused-ring (bicyclic) bond motifs is 3. The molecule has 0 bridgehead atoms. The van der Waals surface area contributed by atoms with E-state index < -0.39 is 0 Å². The molecule has 0 aliphatic carbocycles. The summed E-state index contributed by atoms with van der Waals surface area (Å²) in [6.45, 7) is 0. The van der Waals surface area contributed by atoms with E-state index in [4.69, 9.17) is 19.4 Å². The van der Waals surface area contributed by atoms with Gasteiger partial charge in [-0.05, 0) is 58.1 Å². The third kappa shape index (κ3) is 5.51. The van der Waals surface area contributed by atoms with E-state index in [9.17, 15) is 5.26 Å². The van der Waals surface area contributed by atoms with Crippen LogP contribution in [-0.2, 0) is 0 Å². The van der Waals surface area contributed by atoms with Gasteiger partial charge in [0.1, 0.15) is 11.2 Å². The van der Waals surface area contributed by atoms with Crippen molar-refractivity contribution in [2.75, 3.05) is 0 Å². The van der Waals surface area contributed by atoms with Gasteiger partial charge in [-0.25, -0.2) is 15.0 Å². The fourth-order valence-corrected chi connectivity index (χ4v) is 6.77. The van der Waals surface area contributed by atoms with Crippen molar-refractivity contribution >= 4 is 21.9 Å². The Morgan fingerprint density at radius 3 is 1.76 bits per heavy atom. The maximum atomic E-state index is 9.91. The average molecular weight is 653 g/mol. The highest BCUT2D eigenvalue weighted by atomic mass is 16.3. The summed E-state index contributed by atoms with van der Waals surface area (Å²) in [6, 6.07) is 59.2. The summed E-state index contributed by atoms with van der Waals surface area (Å²) in [5, 5.41) is 12.0. The van der Waals surface area contributed by atoms with Crippen molar-refractivity contribution < 1.29 is 4.42 Å². The van der Waals surface area contributed by atoms with Crippen LogP contribution in [0.2, 0.25) is 0 Å². The maximum Gasteiger partial charge on any atom is 0.164 e. The van der Waals surface area contributed by atoms with E-state index in [1.54, 1.807) is 0 Å². The molecule has 5 nitrogen and oxygen atoms in total. The number of nitrogens with zero attached hydrogens (tertiary/aromatic N) is 4. The fraction of sp³-hybridized carbons (Fsp3) is 0. The van der Waals surface area contributed by atoms with Crippen LogP contribution in [-0.4, -0.2) is 15.0 Å². The Kier molecular flexibility index (Phi) is 7.46. The number of furan rings is 1. The van der Waals surface area contributed by atoms with Crippen molar-refractivity contribution in [3.63, 3.8) is 0 Å². The van der Waals surface area contributed by atoms with Crippen LogP contribution in [0.3, 0.4) is 0 Å². The number of nitriles is 1. The van der Waals surface area contributed by atoms with Gasteiger partial charge in [0, 0.05) is 33.0 Å². The van der Waals surface area contributed by atoms with E-state index in [1.165, 1.54) is 5.56 Å². The van der Waals surface area contributed by atoms with Crippen molar-refractivity contribution in [1.29, 1.82) is 5.26 Å². The summed E-state index contributed by atoms with van der Waals surface area (Å²) in [5.74, 6) is 1.61. The molecule has 0 atom stereocenters. The average Bonchev–Trinajstić information content (AvgIpc) is 3.60. The van der Waals surface area contributed by atoms with Gasteiger partial charge in [0.25, 0.3) is 0 Å². The molecule has 2 aromatic heterocycles. The predicted molar refractivity (Wildman–Crippen MR) is 204 cm³/mol. The largest absolute Gasteiger partial charge is 0.456 e. The summed E-state index contributed by atoms with van der Waals surface area (Å²) < 4.78 is 6.52. The normalized spacial score (nSPS) is 11.1. The van der Waals surface area contributed by atoms with Crippen molar-refractivity contribution in [2.24, 2.45) is 0 Å². The quantitative estimate of drug-likeness (QED) is 0.179. The van der Waals surface area contributed by atoms with Crippen LogP contribution < -0.4 is 0 Å². The number of aromatic nitrogens is 3. The first-order chi connectivity index (χ1) is 25.2. The van der Waals surface area contributed by atoms with Crippen LogP contribution >= 0.6 is 0 Å². The topological polar surface area (TPSA) is 75.6 Å². The molecule has 7 aromatic carbocycles. The minimum Gasteiger partial charge on any atom is -0.456 e. The molecule has 9 aromatic rings. The summed E-state index contributed by atoms with van der Waals surface area (Å²) >= 11 is 0. The molecule has 5 heteroatoms. The first kappa shape index (κ1) is 29.9. The molecule has 0 saturated carbocycles. The molecular formula is C46H28N4O. The Bertz CT molecular complexity index is 2760. The van der Waals surface area contributed by atoms with Crippen molar-refractivity contribution in [3.05, 3.63) is 175 Å². The molecule has 0 saturated heterocycles. The van der Waals surface area contributed by atoms with Gasteiger partial charge < -0.3 is 4.42 Å². The summed E-state index contributed by atoms with van der Waals surface area (Å²) in [5.41, 5.74) is 10.9. The summed E-state index contributed by atoms with van der Waals surface area (Å²) in [6.07, 6.45) is 0. The van der Waals surface area contributed by atoms with E-state index in [0.29, 0.717) is 23.0 Å². The molecule has 0 radical (unpaired) electrons. The maximum absolute atomic E-state index is 9.91. The Balaban J connectivity index is 1.20. The third-order valence-electron chi connectivity index (χ3n) is 9.21. The molecule has 0 aliphatic rings. The summed E-state index contributed by atoms with van der Waals surface area (Å²) in [4.78, 5) is 15.0. The molecule has 0 unspecified atom stereocenters. The molecule has 0 aliphatic heterocycles. The van der Waals surface area contributed by atoms with Gasteiger partial charge in [0.15, 0.2) is 17.5 Å². The van der Waals surface area contributed by atoms with Gasteiger partial charge in [-0.3, -0.25) is 0 Å². The third-order valence-corrected chi connectivity index (χ3v) is 9.21. The Morgan fingerprint density at radius 1 is 0.392 bits per heavy atom.